The zero-order chi connectivity index (χ0) is 24.4. The maximum absolute atomic E-state index is 13.1. The van der Waals surface area contributed by atoms with Crippen molar-refractivity contribution in [1.82, 2.24) is 15.1 Å². The van der Waals surface area contributed by atoms with Crippen LogP contribution in [0.1, 0.15) is 46.1 Å². The largest absolute Gasteiger partial charge is 0.507 e. The third-order valence-corrected chi connectivity index (χ3v) is 6.95. The Morgan fingerprint density at radius 3 is 2.57 bits per heavy atom. The predicted molar refractivity (Wildman–Crippen MR) is 132 cm³/mol. The lowest BCUT2D eigenvalue weighted by atomic mass is 9.82. The number of halogens is 1. The first kappa shape index (κ1) is 22.8. The Hall–Kier alpha value is -3.98. The van der Waals surface area contributed by atoms with Crippen LogP contribution in [-0.4, -0.2) is 26.8 Å². The highest BCUT2D eigenvalue weighted by Gasteiger charge is 2.27. The van der Waals surface area contributed by atoms with E-state index in [4.69, 9.17) is 0 Å². The van der Waals surface area contributed by atoms with Crippen LogP contribution in [0.2, 0.25) is 0 Å². The zero-order valence-electron chi connectivity index (χ0n) is 18.7. The number of benzene rings is 2. The SMILES string of the molecule is O=C(Nc1ccc(-c2cc(C3CCC3)n(C(=O)NCc3ccc(F)cc3)n2)c(O)c1)c1cccs1. The first-order valence-electron chi connectivity index (χ1n) is 11.3. The molecule has 4 aromatic rings. The van der Waals surface area contributed by atoms with Gasteiger partial charge in [-0.2, -0.15) is 9.78 Å². The summed E-state index contributed by atoms with van der Waals surface area (Å²) in [7, 11) is 0. The Bertz CT molecular complexity index is 1360. The molecule has 2 aromatic heterocycles. The first-order valence-corrected chi connectivity index (χ1v) is 12.2. The van der Waals surface area contributed by atoms with Crippen LogP contribution < -0.4 is 10.6 Å². The van der Waals surface area contributed by atoms with Crippen LogP contribution in [0.15, 0.2) is 66.0 Å². The number of anilines is 1. The topological polar surface area (TPSA) is 96.3 Å². The van der Waals surface area contributed by atoms with Crippen molar-refractivity contribution >= 4 is 29.0 Å². The molecule has 0 unspecified atom stereocenters. The molecule has 0 saturated heterocycles. The van der Waals surface area contributed by atoms with Crippen LogP contribution in [0.25, 0.3) is 11.3 Å². The van der Waals surface area contributed by atoms with E-state index in [0.29, 0.717) is 21.8 Å². The molecule has 0 bridgehead atoms. The summed E-state index contributed by atoms with van der Waals surface area (Å²) in [5.41, 5.74) is 2.95. The van der Waals surface area contributed by atoms with Crippen molar-refractivity contribution in [3.63, 3.8) is 0 Å². The normalized spacial score (nSPS) is 13.3. The number of nitrogens with one attached hydrogen (secondary N) is 2. The second-order valence-corrected chi connectivity index (χ2v) is 9.39. The molecule has 35 heavy (non-hydrogen) atoms. The van der Waals surface area contributed by atoms with Gasteiger partial charge in [0.1, 0.15) is 11.6 Å². The smallest absolute Gasteiger partial charge is 0.342 e. The van der Waals surface area contributed by atoms with Crippen molar-refractivity contribution in [1.29, 1.82) is 0 Å². The zero-order valence-corrected chi connectivity index (χ0v) is 19.5. The third kappa shape index (κ3) is 4.95. The van der Waals surface area contributed by atoms with Gasteiger partial charge in [0.2, 0.25) is 0 Å². The number of hydrogen-bond acceptors (Lipinski definition) is 5. The van der Waals surface area contributed by atoms with Gasteiger partial charge in [0.25, 0.3) is 5.91 Å². The van der Waals surface area contributed by atoms with E-state index < -0.39 is 0 Å². The van der Waals surface area contributed by atoms with Crippen molar-refractivity contribution in [2.75, 3.05) is 5.32 Å². The van der Waals surface area contributed by atoms with Crippen molar-refractivity contribution in [3.8, 4) is 17.0 Å². The van der Waals surface area contributed by atoms with Gasteiger partial charge in [0.05, 0.1) is 16.3 Å². The fraction of sp³-hybridized carbons (Fsp3) is 0.192. The minimum absolute atomic E-state index is 0.0505. The van der Waals surface area contributed by atoms with Gasteiger partial charge in [0.15, 0.2) is 0 Å². The Morgan fingerprint density at radius 2 is 1.91 bits per heavy atom. The number of phenolic OH excluding ortho intramolecular Hbond substituents is 1. The number of aromatic hydroxyl groups is 1. The minimum atomic E-state index is -0.387. The van der Waals surface area contributed by atoms with Gasteiger partial charge >= 0.3 is 6.03 Å². The number of phenols is 1. The summed E-state index contributed by atoms with van der Waals surface area (Å²) in [6.45, 7) is 0.238. The Balaban J connectivity index is 1.36. The van der Waals surface area contributed by atoms with Crippen LogP contribution >= 0.6 is 11.3 Å². The summed E-state index contributed by atoms with van der Waals surface area (Å²) in [5, 5.41) is 22.6. The molecule has 0 atom stereocenters. The standard InChI is InChI=1S/C26H23FN4O3S/c27-18-8-6-16(7-9-18)15-28-26(34)31-22(17-3-1-4-17)14-21(30-31)20-11-10-19(13-23(20)32)29-25(33)24-5-2-12-35-24/h2,5-14,17,32H,1,3-4,15H2,(H,28,34)(H,29,33). The number of aromatic nitrogens is 2. The van der Waals surface area contributed by atoms with E-state index in [1.807, 2.05) is 11.4 Å². The summed E-state index contributed by atoms with van der Waals surface area (Å²) in [4.78, 5) is 25.8. The summed E-state index contributed by atoms with van der Waals surface area (Å²) in [5.74, 6) is -0.410. The molecule has 178 valence electrons. The van der Waals surface area contributed by atoms with Gasteiger partial charge in [-0.05, 0) is 60.2 Å². The Morgan fingerprint density at radius 1 is 1.11 bits per heavy atom. The average Bonchev–Trinajstić information content (AvgIpc) is 3.48. The average molecular weight is 491 g/mol. The molecule has 2 heterocycles. The summed E-state index contributed by atoms with van der Waals surface area (Å²) < 4.78 is 14.5. The molecular formula is C26H23FN4O3S. The predicted octanol–water partition coefficient (Wildman–Crippen LogP) is 5.73. The lowest BCUT2D eigenvalue weighted by Crippen LogP contribution is -2.31. The molecule has 1 saturated carbocycles. The van der Waals surface area contributed by atoms with E-state index in [0.717, 1.165) is 30.5 Å². The second kappa shape index (κ2) is 9.71. The monoisotopic (exact) mass is 490 g/mol. The molecule has 1 fully saturated rings. The van der Waals surface area contributed by atoms with Gasteiger partial charge in [-0.3, -0.25) is 4.79 Å². The molecule has 0 aliphatic heterocycles. The highest BCUT2D eigenvalue weighted by molar-refractivity contribution is 7.12. The van der Waals surface area contributed by atoms with Gasteiger partial charge < -0.3 is 15.7 Å². The lowest BCUT2D eigenvalue weighted by Gasteiger charge is -2.25. The molecule has 2 aromatic carbocycles. The van der Waals surface area contributed by atoms with Gasteiger partial charge in [-0.15, -0.1) is 11.3 Å². The van der Waals surface area contributed by atoms with Crippen LogP contribution in [0.3, 0.4) is 0 Å². The Labute approximate surface area is 205 Å². The molecular weight excluding hydrogens is 467 g/mol. The fourth-order valence-electron chi connectivity index (χ4n) is 3.97. The summed E-state index contributed by atoms with van der Waals surface area (Å²) >= 11 is 1.33. The molecule has 2 amide bonds. The molecule has 9 heteroatoms. The molecule has 3 N–H and O–H groups in total. The number of nitrogens with zero attached hydrogens (tertiary/aromatic N) is 2. The van der Waals surface area contributed by atoms with Crippen molar-refractivity contribution in [2.24, 2.45) is 0 Å². The number of thiophene rings is 1. The molecule has 1 aliphatic carbocycles. The second-order valence-electron chi connectivity index (χ2n) is 8.44. The molecule has 0 radical (unpaired) electrons. The van der Waals surface area contributed by atoms with Gasteiger partial charge in [-0.25, -0.2) is 9.18 Å². The van der Waals surface area contributed by atoms with E-state index in [2.05, 4.69) is 15.7 Å². The fourth-order valence-corrected chi connectivity index (χ4v) is 4.58. The summed E-state index contributed by atoms with van der Waals surface area (Å²) in [6.07, 6.45) is 3.03. The van der Waals surface area contributed by atoms with E-state index in [9.17, 15) is 19.1 Å². The first-order chi connectivity index (χ1) is 17.0. The maximum Gasteiger partial charge on any atom is 0.342 e. The Kier molecular flexibility index (Phi) is 6.33. The highest BCUT2D eigenvalue weighted by atomic mass is 32.1. The minimum Gasteiger partial charge on any atom is -0.507 e. The third-order valence-electron chi connectivity index (χ3n) is 6.09. The molecule has 0 spiro atoms. The van der Waals surface area contributed by atoms with Crippen molar-refractivity contribution in [2.45, 2.75) is 31.7 Å². The van der Waals surface area contributed by atoms with E-state index in [1.165, 1.54) is 34.2 Å². The van der Waals surface area contributed by atoms with Crippen LogP contribution in [0.5, 0.6) is 5.75 Å². The van der Waals surface area contributed by atoms with Gasteiger partial charge in [0, 0.05) is 29.8 Å². The van der Waals surface area contributed by atoms with E-state index >= 15 is 0 Å². The quantitative estimate of drug-likeness (QED) is 0.321. The van der Waals surface area contributed by atoms with Crippen LogP contribution in [0, 0.1) is 5.82 Å². The number of carbonyl (C=O) groups is 2. The number of carbonyl (C=O) groups excluding carboxylic acids is 2. The molecule has 7 nitrogen and oxygen atoms in total. The maximum atomic E-state index is 13.1. The van der Waals surface area contributed by atoms with E-state index in [-0.39, 0.29) is 36.0 Å². The van der Waals surface area contributed by atoms with Crippen LogP contribution in [-0.2, 0) is 6.54 Å². The summed E-state index contributed by atoms with van der Waals surface area (Å²) in [6, 6.07) is 15.7. The number of hydrogen-bond donors (Lipinski definition) is 3. The highest BCUT2D eigenvalue weighted by Crippen LogP contribution is 2.39. The van der Waals surface area contributed by atoms with Crippen molar-refractivity contribution < 1.29 is 19.1 Å². The number of amides is 2. The van der Waals surface area contributed by atoms with Gasteiger partial charge in [-0.1, -0.05) is 24.6 Å². The molecule has 1 aliphatic rings. The van der Waals surface area contributed by atoms with E-state index in [1.54, 1.807) is 36.4 Å². The lowest BCUT2D eigenvalue weighted by molar-refractivity contribution is 0.103. The number of rotatable bonds is 6. The van der Waals surface area contributed by atoms with Crippen molar-refractivity contribution in [3.05, 3.63) is 88.0 Å². The van der Waals surface area contributed by atoms with Crippen LogP contribution in [0.4, 0.5) is 14.9 Å². The molecule has 5 rings (SSSR count).